The Hall–Kier alpha value is -15.7. The summed E-state index contributed by atoms with van der Waals surface area (Å²) in [7, 11) is -0.399. The van der Waals surface area contributed by atoms with Crippen molar-refractivity contribution in [1.82, 2.24) is 49.8 Å². The highest BCUT2D eigenvalue weighted by atomic mass is 79.9. The lowest BCUT2D eigenvalue weighted by Crippen LogP contribution is -2.41. The van der Waals surface area contributed by atoms with Gasteiger partial charge in [0.05, 0.1) is 33.3 Å². The standard InChI is InChI=1S/C53H33N5O.C45H38BN3O2.C14H7BrN2O/c1-3-11-34(12-4-1)35-25-27-39(28-26-35)51-56-50(38-13-5-2-6-14-38)57-52(58-51)44-18-10-16-41(32-44)37-23-21-36(22-24-37)40-15-9-17-42(31-40)43-29-30-48-45(33-43)49-53(59-48)55-47-20-8-7-19-46(47)54-49;1-44(2)45(3,4)51-46(50-44)40-20-12-18-38(30-40)34-23-21-33(22-24-34)37-17-11-19-39(29-37)43-48-41(35-15-9-6-10-16-35)47-42(49-43)36-27-25-32(26-28-36)31-13-7-5-8-14-31;15-8-5-6-12-9(7-8)13-14(18-12)17-11-4-2-1-3-10(11)16-13/h1-33H;5-30H,1-4H3;1-7H. The second kappa shape index (κ2) is 34.1. The second-order valence-corrected chi connectivity index (χ2v) is 33.5. The lowest BCUT2D eigenvalue weighted by Gasteiger charge is -2.32. The van der Waals surface area contributed by atoms with Crippen molar-refractivity contribution in [3.05, 3.63) is 405 Å². The Kier molecular flexibility index (Phi) is 21.2. The molecule has 16 heteroatoms. The van der Waals surface area contributed by atoms with Gasteiger partial charge in [-0.1, -0.05) is 344 Å². The zero-order chi connectivity index (χ0) is 86.2. The van der Waals surface area contributed by atoms with E-state index in [4.69, 9.17) is 58.0 Å². The Balaban J connectivity index is 0.000000131. The predicted octanol–water partition coefficient (Wildman–Crippen LogP) is 27.8. The third-order valence-corrected chi connectivity index (χ3v) is 24.2. The van der Waals surface area contributed by atoms with Gasteiger partial charge in [-0.3, -0.25) is 0 Å². The fourth-order valence-corrected chi connectivity index (χ4v) is 16.5. The van der Waals surface area contributed by atoms with Gasteiger partial charge in [0.1, 0.15) is 22.2 Å². The second-order valence-electron chi connectivity index (χ2n) is 32.6. The van der Waals surface area contributed by atoms with Crippen LogP contribution in [0.25, 0.3) is 213 Å². The quantitative estimate of drug-likeness (QED) is 0.0941. The highest BCUT2D eigenvalue weighted by Gasteiger charge is 2.51. The molecule has 610 valence electrons. The summed E-state index contributed by atoms with van der Waals surface area (Å²) in [5, 5.41) is 1.94. The Bertz CT molecular complexity index is 7870. The Morgan fingerprint density at radius 2 is 0.461 bits per heavy atom. The molecule has 1 fully saturated rings. The molecule has 23 rings (SSSR count). The SMILES string of the molecule is Brc1ccc2oc3nc4ccccc4nc3c2c1.CC1(C)OB(c2cccc(-c3ccc(-c4cccc(-c5nc(-c6ccccc6)nc(-c6ccc(-c7ccccc7)cc6)n5)c4)cc3)c2)OC1(C)C.c1ccc(-c2ccc(-c3nc(-c4ccccc4)nc(-c4cccc(-c5ccc(-c6cccc(-c7ccc8oc9nc%10ccccc%10nc9c8c7)c6)cc5)c4)n3)cc2)cc1. The van der Waals surface area contributed by atoms with Crippen LogP contribution in [0.5, 0.6) is 0 Å². The maximum Gasteiger partial charge on any atom is 0.494 e. The number of halogens is 1. The molecule has 0 amide bonds. The zero-order valence-corrected chi connectivity index (χ0v) is 71.8. The minimum atomic E-state index is -0.399. The largest absolute Gasteiger partial charge is 0.494 e. The summed E-state index contributed by atoms with van der Waals surface area (Å²) in [5.74, 6) is 3.79. The normalized spacial score (nSPS) is 12.8. The molecule has 0 bridgehead atoms. The average Bonchev–Trinajstić information content (AvgIpc) is 1.51. The van der Waals surface area contributed by atoms with E-state index in [0.717, 1.165) is 165 Å². The zero-order valence-electron chi connectivity index (χ0n) is 70.2. The smallest absolute Gasteiger partial charge is 0.436 e. The maximum absolute atomic E-state index is 6.32. The van der Waals surface area contributed by atoms with E-state index < -0.39 is 7.12 Å². The monoisotopic (exact) mass is 1720 g/mol. The van der Waals surface area contributed by atoms with Crippen molar-refractivity contribution in [2.24, 2.45) is 0 Å². The van der Waals surface area contributed by atoms with Crippen LogP contribution in [0.3, 0.4) is 0 Å². The van der Waals surface area contributed by atoms with E-state index in [9.17, 15) is 0 Å². The first-order valence-electron chi connectivity index (χ1n) is 42.5. The van der Waals surface area contributed by atoms with E-state index in [1.54, 1.807) is 0 Å². The van der Waals surface area contributed by atoms with Gasteiger partial charge in [-0.2, -0.15) is 0 Å². The van der Waals surface area contributed by atoms with Crippen molar-refractivity contribution < 1.29 is 18.1 Å². The molecular weight excluding hydrogens is 1640 g/mol. The average molecular weight is 1720 g/mol. The third-order valence-electron chi connectivity index (χ3n) is 23.7. The van der Waals surface area contributed by atoms with Crippen LogP contribution in [0.1, 0.15) is 27.7 Å². The van der Waals surface area contributed by atoms with Crippen LogP contribution in [0.15, 0.2) is 414 Å². The van der Waals surface area contributed by atoms with Crippen LogP contribution < -0.4 is 5.46 Å². The molecule has 0 unspecified atom stereocenters. The molecule has 22 aromatic rings. The maximum atomic E-state index is 6.32. The summed E-state index contributed by atoms with van der Waals surface area (Å²) in [4.78, 5) is 48.6. The molecule has 0 aliphatic carbocycles. The first-order chi connectivity index (χ1) is 62.7. The van der Waals surface area contributed by atoms with Gasteiger partial charge in [0.2, 0.25) is 11.4 Å². The first-order valence-corrected chi connectivity index (χ1v) is 43.3. The molecule has 7 heterocycles. The first kappa shape index (κ1) is 79.5. The minimum Gasteiger partial charge on any atom is -0.436 e. The van der Waals surface area contributed by atoms with Crippen LogP contribution in [-0.4, -0.2) is 68.2 Å². The number of rotatable bonds is 14. The Morgan fingerprint density at radius 3 is 0.852 bits per heavy atom. The van der Waals surface area contributed by atoms with E-state index in [2.05, 4.69) is 308 Å². The van der Waals surface area contributed by atoms with Crippen molar-refractivity contribution in [2.75, 3.05) is 0 Å². The molecule has 6 aromatic heterocycles. The van der Waals surface area contributed by atoms with E-state index in [-0.39, 0.29) is 11.2 Å². The molecule has 0 atom stereocenters. The van der Waals surface area contributed by atoms with Gasteiger partial charge >= 0.3 is 7.12 Å². The molecule has 1 saturated heterocycles. The number of para-hydroxylation sites is 4. The molecule has 14 nitrogen and oxygen atoms in total. The van der Waals surface area contributed by atoms with E-state index >= 15 is 0 Å². The van der Waals surface area contributed by atoms with Gasteiger partial charge in [0, 0.05) is 48.6 Å². The summed E-state index contributed by atoms with van der Waals surface area (Å²) in [6, 6.07) is 137. The summed E-state index contributed by atoms with van der Waals surface area (Å²) < 4.78 is 25.5. The van der Waals surface area contributed by atoms with Gasteiger partial charge < -0.3 is 18.1 Å². The highest BCUT2D eigenvalue weighted by Crippen LogP contribution is 2.41. The summed E-state index contributed by atoms with van der Waals surface area (Å²) in [6.45, 7) is 8.32. The third kappa shape index (κ3) is 16.4. The number of nitrogens with zero attached hydrogens (tertiary/aromatic N) is 10. The van der Waals surface area contributed by atoms with E-state index in [1.165, 1.54) is 11.1 Å². The lowest BCUT2D eigenvalue weighted by atomic mass is 9.78. The van der Waals surface area contributed by atoms with Crippen LogP contribution >= 0.6 is 15.9 Å². The van der Waals surface area contributed by atoms with Crippen molar-refractivity contribution in [3.8, 4) is 146 Å². The topological polar surface area (TPSA) is 174 Å². The van der Waals surface area contributed by atoms with Crippen LogP contribution in [0.2, 0.25) is 0 Å². The number of hydrogen-bond donors (Lipinski definition) is 0. The van der Waals surface area contributed by atoms with Crippen LogP contribution in [0.4, 0.5) is 0 Å². The van der Waals surface area contributed by atoms with Crippen LogP contribution in [0, 0.1) is 0 Å². The van der Waals surface area contributed by atoms with Crippen molar-refractivity contribution >= 4 is 95.0 Å². The van der Waals surface area contributed by atoms with Crippen molar-refractivity contribution in [1.29, 1.82) is 0 Å². The Labute approximate surface area is 747 Å². The predicted molar refractivity (Wildman–Crippen MR) is 521 cm³/mol. The minimum absolute atomic E-state index is 0.385. The molecule has 0 saturated carbocycles. The molecule has 0 spiro atoms. The molecule has 128 heavy (non-hydrogen) atoms. The number of fused-ring (bicyclic) bond motifs is 8. The van der Waals surface area contributed by atoms with Gasteiger partial charge in [0.25, 0.3) is 0 Å². The van der Waals surface area contributed by atoms with Gasteiger partial charge in [-0.25, -0.2) is 49.8 Å². The number of benzene rings is 16. The van der Waals surface area contributed by atoms with Gasteiger partial charge in [-0.15, -0.1) is 0 Å². The fourth-order valence-electron chi connectivity index (χ4n) is 16.1. The summed E-state index contributed by atoms with van der Waals surface area (Å²) in [6.07, 6.45) is 0. The summed E-state index contributed by atoms with van der Waals surface area (Å²) >= 11 is 3.46. The lowest BCUT2D eigenvalue weighted by molar-refractivity contribution is 0.00578. The van der Waals surface area contributed by atoms with E-state index in [0.29, 0.717) is 46.4 Å². The van der Waals surface area contributed by atoms with Crippen LogP contribution in [-0.2, 0) is 9.31 Å². The van der Waals surface area contributed by atoms with Gasteiger partial charge in [-0.05, 0) is 184 Å². The number of hydrogen-bond acceptors (Lipinski definition) is 14. The van der Waals surface area contributed by atoms with E-state index in [1.807, 2.05) is 146 Å². The van der Waals surface area contributed by atoms with Crippen molar-refractivity contribution in [3.63, 3.8) is 0 Å². The van der Waals surface area contributed by atoms with Gasteiger partial charge in [0.15, 0.2) is 34.9 Å². The molecule has 1 aliphatic rings. The molecule has 1 aliphatic heterocycles. The Morgan fingerprint density at radius 1 is 0.211 bits per heavy atom. The van der Waals surface area contributed by atoms with Crippen molar-refractivity contribution in [2.45, 2.75) is 38.9 Å². The molecular formula is C112H78BBrN10O4. The fraction of sp³-hybridized carbons (Fsp3) is 0.0536. The molecule has 0 N–H and O–H groups in total. The molecule has 0 radical (unpaired) electrons. The highest BCUT2D eigenvalue weighted by molar-refractivity contribution is 9.10. The summed E-state index contributed by atoms with van der Waals surface area (Å²) in [5.41, 5.74) is 29.3. The molecule has 16 aromatic carbocycles. The number of furan rings is 2. The number of aromatic nitrogens is 10.